The summed E-state index contributed by atoms with van der Waals surface area (Å²) in [6.45, 7) is 7.65. The van der Waals surface area contributed by atoms with Gasteiger partial charge >= 0.3 is 0 Å². The summed E-state index contributed by atoms with van der Waals surface area (Å²) < 4.78 is 10.7. The second-order valence-corrected chi connectivity index (χ2v) is 3.74. The fraction of sp³-hybridized carbons (Fsp3) is 0.462. The molecule has 1 rings (SSSR count). The largest absolute Gasteiger partial charge is 0.498 e. The van der Waals surface area contributed by atoms with Gasteiger partial charge in [0.25, 0.3) is 0 Å². The predicted octanol–water partition coefficient (Wildman–Crippen LogP) is 2.86. The third-order valence-corrected chi connectivity index (χ3v) is 2.78. The van der Waals surface area contributed by atoms with Crippen LogP contribution in [0.15, 0.2) is 40.8 Å². The van der Waals surface area contributed by atoms with Crippen molar-refractivity contribution in [2.45, 2.75) is 26.4 Å². The van der Waals surface area contributed by atoms with Crippen molar-refractivity contribution in [3.8, 4) is 0 Å². The Morgan fingerprint density at radius 1 is 1.56 bits per heavy atom. The van der Waals surface area contributed by atoms with E-state index in [9.17, 15) is 0 Å². The third kappa shape index (κ3) is 2.61. The van der Waals surface area contributed by atoms with Gasteiger partial charge in [-0.05, 0) is 31.1 Å². The number of rotatable bonds is 4. The fourth-order valence-electron chi connectivity index (χ4n) is 1.88. The molecule has 1 atom stereocenters. The lowest BCUT2D eigenvalue weighted by Crippen LogP contribution is -2.22. The minimum absolute atomic E-state index is 0.0151. The van der Waals surface area contributed by atoms with Crippen molar-refractivity contribution in [3.63, 3.8) is 0 Å². The molecule has 0 aromatic heterocycles. The molecule has 0 radical (unpaired) electrons. The number of methoxy groups -OCH3 is 2. The van der Waals surface area contributed by atoms with E-state index in [2.05, 4.69) is 18.5 Å². The van der Waals surface area contributed by atoms with Crippen LogP contribution in [0.25, 0.3) is 0 Å². The van der Waals surface area contributed by atoms with E-state index >= 15 is 0 Å². The van der Waals surface area contributed by atoms with Crippen molar-refractivity contribution in [2.75, 3.05) is 14.2 Å². The summed E-state index contributed by atoms with van der Waals surface area (Å²) in [6.07, 6.45) is 4.35. The van der Waals surface area contributed by atoms with E-state index in [1.165, 1.54) is 11.1 Å². The zero-order valence-corrected chi connectivity index (χ0v) is 10.4. The van der Waals surface area contributed by atoms with Crippen LogP contribution >= 0.6 is 0 Å². The van der Waals surface area contributed by atoms with E-state index in [-0.39, 0.29) is 6.10 Å². The van der Waals surface area contributed by atoms with Gasteiger partial charge in [0.15, 0.2) is 0 Å². The molecule has 0 saturated heterocycles. The predicted molar refractivity (Wildman–Crippen MR) is 66.5 cm³/mol. The van der Waals surface area contributed by atoms with Crippen molar-refractivity contribution in [1.29, 1.82) is 0 Å². The van der Waals surface area contributed by atoms with Crippen LogP contribution in [0.5, 0.6) is 0 Å². The number of ether oxygens (including phenoxy) is 2. The first-order chi connectivity index (χ1) is 7.63. The number of allylic oxidation sites excluding steroid dienone is 2. The summed E-state index contributed by atoms with van der Waals surface area (Å²) in [5, 5.41) is 0. The molecule has 0 N–H and O–H groups in total. The highest BCUT2D eigenvalue weighted by molar-refractivity contribution is 6.00. The average Bonchev–Trinajstić information content (AvgIpc) is 2.28. The molecule has 3 nitrogen and oxygen atoms in total. The van der Waals surface area contributed by atoms with Crippen molar-refractivity contribution in [1.82, 2.24) is 0 Å². The van der Waals surface area contributed by atoms with Crippen molar-refractivity contribution < 1.29 is 9.47 Å². The van der Waals surface area contributed by atoms with E-state index in [1.54, 1.807) is 20.4 Å². The normalized spacial score (nSPS) is 21.9. The van der Waals surface area contributed by atoms with E-state index in [0.29, 0.717) is 0 Å². The molecule has 16 heavy (non-hydrogen) atoms. The lowest BCUT2D eigenvalue weighted by atomic mass is 9.92. The van der Waals surface area contributed by atoms with Crippen LogP contribution in [0.2, 0.25) is 0 Å². The minimum Gasteiger partial charge on any atom is -0.498 e. The maximum atomic E-state index is 5.39. The molecule has 1 aliphatic carbocycles. The lowest BCUT2D eigenvalue weighted by molar-refractivity contribution is 0.0779. The summed E-state index contributed by atoms with van der Waals surface area (Å²) in [5.41, 5.74) is 3.36. The summed E-state index contributed by atoms with van der Waals surface area (Å²) in [7, 11) is 3.36. The molecular weight excluding hydrogens is 202 g/mol. The van der Waals surface area contributed by atoms with Crippen LogP contribution in [0.3, 0.4) is 0 Å². The zero-order valence-electron chi connectivity index (χ0n) is 10.4. The molecule has 0 aliphatic heterocycles. The monoisotopic (exact) mass is 221 g/mol. The van der Waals surface area contributed by atoms with Gasteiger partial charge in [-0.3, -0.25) is 4.99 Å². The maximum Gasteiger partial charge on any atom is 0.125 e. The standard InChI is InChI=1S/C13H19NO2/c1-6-14-10(3)11-8-13(16-5)12(15-4)7-9(11)2/h6-7,13H,1,8H2,2-5H3. The molecule has 0 heterocycles. The summed E-state index contributed by atoms with van der Waals surface area (Å²) in [4.78, 5) is 4.22. The Hall–Kier alpha value is -1.35. The van der Waals surface area contributed by atoms with Crippen molar-refractivity contribution in [2.24, 2.45) is 4.99 Å². The van der Waals surface area contributed by atoms with E-state index in [0.717, 1.165) is 17.9 Å². The fourth-order valence-corrected chi connectivity index (χ4v) is 1.88. The van der Waals surface area contributed by atoms with Crippen molar-refractivity contribution in [3.05, 3.63) is 35.8 Å². The quantitative estimate of drug-likeness (QED) is 0.683. The van der Waals surface area contributed by atoms with Crippen LogP contribution in [-0.2, 0) is 9.47 Å². The van der Waals surface area contributed by atoms with Crippen LogP contribution in [0.1, 0.15) is 20.3 Å². The number of aliphatic imine (C=N–C) groups is 1. The Balaban J connectivity index is 3.06. The molecule has 0 aromatic rings. The summed E-state index contributed by atoms with van der Waals surface area (Å²) >= 11 is 0. The first-order valence-corrected chi connectivity index (χ1v) is 5.27. The van der Waals surface area contributed by atoms with Gasteiger partial charge in [0.2, 0.25) is 0 Å². The number of hydrogen-bond donors (Lipinski definition) is 0. The zero-order chi connectivity index (χ0) is 12.1. The molecule has 0 saturated carbocycles. The Kier molecular flexibility index (Phi) is 4.50. The lowest BCUT2D eigenvalue weighted by Gasteiger charge is -2.25. The van der Waals surface area contributed by atoms with Crippen LogP contribution in [0, 0.1) is 0 Å². The molecule has 0 aromatic carbocycles. The molecule has 1 unspecified atom stereocenters. The molecule has 0 fully saturated rings. The summed E-state index contributed by atoms with van der Waals surface area (Å²) in [6, 6.07) is 0. The van der Waals surface area contributed by atoms with Crippen LogP contribution < -0.4 is 0 Å². The molecule has 88 valence electrons. The highest BCUT2D eigenvalue weighted by atomic mass is 16.5. The highest BCUT2D eigenvalue weighted by Gasteiger charge is 2.23. The Morgan fingerprint density at radius 3 is 2.75 bits per heavy atom. The highest BCUT2D eigenvalue weighted by Crippen LogP contribution is 2.27. The van der Waals surface area contributed by atoms with Gasteiger partial charge in [0.1, 0.15) is 11.9 Å². The van der Waals surface area contributed by atoms with Crippen LogP contribution in [-0.4, -0.2) is 26.0 Å². The second-order valence-electron chi connectivity index (χ2n) is 3.74. The van der Waals surface area contributed by atoms with E-state index in [1.807, 2.05) is 13.0 Å². The van der Waals surface area contributed by atoms with Gasteiger partial charge in [-0.1, -0.05) is 6.58 Å². The van der Waals surface area contributed by atoms with E-state index < -0.39 is 0 Å². The third-order valence-electron chi connectivity index (χ3n) is 2.78. The molecule has 0 bridgehead atoms. The van der Waals surface area contributed by atoms with Gasteiger partial charge in [-0.15, -0.1) is 0 Å². The molecule has 0 spiro atoms. The van der Waals surface area contributed by atoms with Gasteiger partial charge in [-0.25, -0.2) is 0 Å². The molecule has 0 amide bonds. The number of hydrogen-bond acceptors (Lipinski definition) is 3. The SMILES string of the molecule is C=CN=C(C)C1=C(C)C=C(OC)C(OC)C1. The van der Waals surface area contributed by atoms with E-state index in [4.69, 9.17) is 9.47 Å². The van der Waals surface area contributed by atoms with Gasteiger partial charge in [-0.2, -0.15) is 0 Å². The smallest absolute Gasteiger partial charge is 0.125 e. The van der Waals surface area contributed by atoms with Gasteiger partial charge in [0, 0.05) is 25.4 Å². The van der Waals surface area contributed by atoms with Crippen molar-refractivity contribution >= 4 is 5.71 Å². The Morgan fingerprint density at radius 2 is 2.25 bits per heavy atom. The first kappa shape index (κ1) is 12.7. The Labute approximate surface area is 97.2 Å². The van der Waals surface area contributed by atoms with Crippen LogP contribution in [0.4, 0.5) is 0 Å². The molecule has 3 heteroatoms. The number of nitrogens with zero attached hydrogens (tertiary/aromatic N) is 1. The second kappa shape index (κ2) is 5.66. The summed E-state index contributed by atoms with van der Waals surface area (Å²) in [5.74, 6) is 0.871. The molecular formula is C13H19NO2. The average molecular weight is 221 g/mol. The minimum atomic E-state index is -0.0151. The molecule has 1 aliphatic rings. The van der Waals surface area contributed by atoms with Gasteiger partial charge < -0.3 is 9.47 Å². The topological polar surface area (TPSA) is 30.8 Å². The first-order valence-electron chi connectivity index (χ1n) is 5.27. The Bertz CT molecular complexity index is 364. The maximum absolute atomic E-state index is 5.39. The van der Waals surface area contributed by atoms with Gasteiger partial charge in [0.05, 0.1) is 7.11 Å².